The van der Waals surface area contributed by atoms with Crippen LogP contribution >= 0.6 is 0 Å². The first-order valence-corrected chi connectivity index (χ1v) is 6.82. The van der Waals surface area contributed by atoms with Gasteiger partial charge in [-0.15, -0.1) is 0 Å². The van der Waals surface area contributed by atoms with Crippen molar-refractivity contribution in [2.45, 2.75) is 19.8 Å². The van der Waals surface area contributed by atoms with E-state index < -0.39 is 0 Å². The molecule has 2 rings (SSSR count). The first-order valence-electron chi connectivity index (χ1n) is 6.82. The van der Waals surface area contributed by atoms with Crippen LogP contribution in [0.5, 0.6) is 0 Å². The Hall–Kier alpha value is -1.80. The van der Waals surface area contributed by atoms with Gasteiger partial charge in [0, 0.05) is 13.1 Å². The second kappa shape index (κ2) is 6.39. The Morgan fingerprint density at radius 1 is 1.47 bits per heavy atom. The molecule has 0 aromatic carbocycles. The van der Waals surface area contributed by atoms with Gasteiger partial charge in [0.2, 0.25) is 0 Å². The molecule has 102 valence electrons. The third-order valence-electron chi connectivity index (χ3n) is 3.64. The summed E-state index contributed by atoms with van der Waals surface area (Å²) in [6, 6.07) is 5.53. The van der Waals surface area contributed by atoms with Crippen molar-refractivity contribution in [3.8, 4) is 6.07 Å². The lowest BCUT2D eigenvalue weighted by Gasteiger charge is -2.30. The zero-order valence-electron chi connectivity index (χ0n) is 11.4. The number of aromatic nitrogens is 1. The van der Waals surface area contributed by atoms with Gasteiger partial charge in [-0.25, -0.2) is 4.98 Å². The molecule has 5 heteroatoms. The van der Waals surface area contributed by atoms with Crippen molar-refractivity contribution < 1.29 is 0 Å². The van der Waals surface area contributed by atoms with E-state index in [9.17, 15) is 0 Å². The third kappa shape index (κ3) is 3.83. The number of piperidine rings is 1. The van der Waals surface area contributed by atoms with E-state index in [1.807, 2.05) is 12.1 Å². The summed E-state index contributed by atoms with van der Waals surface area (Å²) in [7, 11) is 0. The first kappa shape index (κ1) is 13.6. The summed E-state index contributed by atoms with van der Waals surface area (Å²) < 4.78 is 0. The van der Waals surface area contributed by atoms with Gasteiger partial charge >= 0.3 is 0 Å². The Bertz CT molecular complexity index is 457. The van der Waals surface area contributed by atoms with Crippen LogP contribution in [0.25, 0.3) is 0 Å². The second-order valence-electron chi connectivity index (χ2n) is 5.20. The van der Waals surface area contributed by atoms with Gasteiger partial charge in [-0.1, -0.05) is 6.92 Å². The van der Waals surface area contributed by atoms with E-state index in [0.717, 1.165) is 24.8 Å². The van der Waals surface area contributed by atoms with Gasteiger partial charge in [0.15, 0.2) is 5.69 Å². The molecule has 3 N–H and O–H groups in total. The molecule has 0 saturated carbocycles. The van der Waals surface area contributed by atoms with Crippen molar-refractivity contribution in [1.82, 2.24) is 9.88 Å². The molecular weight excluding hydrogens is 238 g/mol. The van der Waals surface area contributed by atoms with Gasteiger partial charge in [0.1, 0.15) is 11.9 Å². The van der Waals surface area contributed by atoms with Gasteiger partial charge in [-0.05, 0) is 44.0 Å². The molecular formula is C14H21N5. The molecule has 0 amide bonds. The highest BCUT2D eigenvalue weighted by Gasteiger charge is 2.14. The molecule has 1 fully saturated rings. The van der Waals surface area contributed by atoms with Crippen LogP contribution in [-0.4, -0.2) is 36.1 Å². The Morgan fingerprint density at radius 3 is 2.89 bits per heavy atom. The Kier molecular flexibility index (Phi) is 4.58. The molecule has 0 aliphatic carbocycles. The number of nitrogens with one attached hydrogen (secondary N) is 1. The van der Waals surface area contributed by atoms with E-state index in [1.165, 1.54) is 25.9 Å². The highest BCUT2D eigenvalue weighted by molar-refractivity contribution is 5.54. The summed E-state index contributed by atoms with van der Waals surface area (Å²) in [5.74, 6) is 1.58. The predicted molar refractivity (Wildman–Crippen MR) is 76.7 cm³/mol. The smallest absolute Gasteiger partial charge is 0.165 e. The predicted octanol–water partition coefficient (Wildman–Crippen LogP) is 1.68. The number of anilines is 2. The zero-order chi connectivity index (χ0) is 13.7. The molecule has 1 aliphatic heterocycles. The van der Waals surface area contributed by atoms with E-state index in [2.05, 4.69) is 22.1 Å². The number of pyridine rings is 1. The quantitative estimate of drug-likeness (QED) is 0.860. The van der Waals surface area contributed by atoms with Crippen molar-refractivity contribution in [1.29, 1.82) is 5.26 Å². The summed E-state index contributed by atoms with van der Waals surface area (Å²) in [5.41, 5.74) is 6.35. The number of nitrogens with zero attached hydrogens (tertiary/aromatic N) is 3. The zero-order valence-corrected chi connectivity index (χ0v) is 11.4. The fourth-order valence-corrected chi connectivity index (χ4v) is 2.29. The Morgan fingerprint density at radius 2 is 2.21 bits per heavy atom. The molecule has 0 spiro atoms. The van der Waals surface area contributed by atoms with Crippen LogP contribution in [0.1, 0.15) is 25.5 Å². The van der Waals surface area contributed by atoms with Crippen molar-refractivity contribution in [2.24, 2.45) is 5.92 Å². The molecule has 1 aliphatic rings. The Labute approximate surface area is 114 Å². The minimum absolute atomic E-state index is 0.289. The highest BCUT2D eigenvalue weighted by Crippen LogP contribution is 2.16. The van der Waals surface area contributed by atoms with Crippen LogP contribution in [0, 0.1) is 17.2 Å². The van der Waals surface area contributed by atoms with Crippen LogP contribution in [0.4, 0.5) is 11.5 Å². The number of nitrogens with two attached hydrogens (primary N) is 1. The fraction of sp³-hybridized carbons (Fsp3) is 0.571. The summed E-state index contributed by atoms with van der Waals surface area (Å²) in [4.78, 5) is 6.64. The summed E-state index contributed by atoms with van der Waals surface area (Å²) in [6.07, 6.45) is 2.58. The van der Waals surface area contributed by atoms with Gasteiger partial charge in [-0.2, -0.15) is 5.26 Å². The average Bonchev–Trinajstić information content (AvgIpc) is 2.43. The van der Waals surface area contributed by atoms with Gasteiger partial charge in [0.25, 0.3) is 0 Å². The van der Waals surface area contributed by atoms with Gasteiger partial charge < -0.3 is 16.0 Å². The van der Waals surface area contributed by atoms with Crippen LogP contribution in [-0.2, 0) is 0 Å². The summed E-state index contributed by atoms with van der Waals surface area (Å²) in [5, 5.41) is 12.1. The standard InChI is InChI=1S/C14H21N5/c1-11-4-7-19(8-5-11)9-6-17-14-3-2-12(16)13(10-15)18-14/h2-3,11H,4-9,16H2,1H3,(H,17,18). The number of hydrogen-bond acceptors (Lipinski definition) is 5. The second-order valence-corrected chi connectivity index (χ2v) is 5.20. The normalized spacial score (nSPS) is 17.1. The average molecular weight is 259 g/mol. The monoisotopic (exact) mass is 259 g/mol. The van der Waals surface area contributed by atoms with Crippen LogP contribution in [0.2, 0.25) is 0 Å². The molecule has 2 heterocycles. The van der Waals surface area contributed by atoms with Gasteiger partial charge in [-0.3, -0.25) is 0 Å². The topological polar surface area (TPSA) is 78.0 Å². The lowest BCUT2D eigenvalue weighted by atomic mass is 9.99. The number of nitrogen functional groups attached to an aromatic ring is 1. The molecule has 19 heavy (non-hydrogen) atoms. The molecule has 1 aromatic heterocycles. The van der Waals surface area contributed by atoms with Crippen LogP contribution in [0.3, 0.4) is 0 Å². The number of rotatable bonds is 4. The number of hydrogen-bond donors (Lipinski definition) is 2. The summed E-state index contributed by atoms with van der Waals surface area (Å²) >= 11 is 0. The number of likely N-dealkylation sites (tertiary alicyclic amines) is 1. The van der Waals surface area contributed by atoms with Crippen molar-refractivity contribution in [3.05, 3.63) is 17.8 Å². The van der Waals surface area contributed by atoms with Crippen molar-refractivity contribution in [3.63, 3.8) is 0 Å². The van der Waals surface area contributed by atoms with E-state index in [4.69, 9.17) is 11.0 Å². The molecule has 5 nitrogen and oxygen atoms in total. The lowest BCUT2D eigenvalue weighted by molar-refractivity contribution is 0.199. The maximum absolute atomic E-state index is 8.87. The molecule has 0 atom stereocenters. The molecule has 1 saturated heterocycles. The maximum atomic E-state index is 8.87. The van der Waals surface area contributed by atoms with E-state index >= 15 is 0 Å². The minimum atomic E-state index is 0.289. The molecule has 0 radical (unpaired) electrons. The van der Waals surface area contributed by atoms with E-state index in [1.54, 1.807) is 6.07 Å². The van der Waals surface area contributed by atoms with Gasteiger partial charge in [0.05, 0.1) is 5.69 Å². The third-order valence-corrected chi connectivity index (χ3v) is 3.64. The lowest BCUT2D eigenvalue weighted by Crippen LogP contribution is -2.36. The van der Waals surface area contributed by atoms with Crippen LogP contribution in [0.15, 0.2) is 12.1 Å². The number of nitriles is 1. The molecule has 0 unspecified atom stereocenters. The minimum Gasteiger partial charge on any atom is -0.396 e. The Balaban J connectivity index is 1.78. The maximum Gasteiger partial charge on any atom is 0.165 e. The molecule has 0 bridgehead atoms. The van der Waals surface area contributed by atoms with Crippen molar-refractivity contribution in [2.75, 3.05) is 37.2 Å². The first-order chi connectivity index (χ1) is 9.19. The van der Waals surface area contributed by atoms with E-state index in [0.29, 0.717) is 5.69 Å². The highest BCUT2D eigenvalue weighted by atomic mass is 15.1. The van der Waals surface area contributed by atoms with E-state index in [-0.39, 0.29) is 5.69 Å². The van der Waals surface area contributed by atoms with Crippen molar-refractivity contribution >= 4 is 11.5 Å². The SMILES string of the molecule is CC1CCN(CCNc2ccc(N)c(C#N)n2)CC1. The van der Waals surface area contributed by atoms with Crippen LogP contribution < -0.4 is 11.1 Å². The fourth-order valence-electron chi connectivity index (χ4n) is 2.29. The largest absolute Gasteiger partial charge is 0.396 e. The molecule has 1 aromatic rings. The summed E-state index contributed by atoms with van der Waals surface area (Å²) in [6.45, 7) is 6.54.